The fourth-order valence-corrected chi connectivity index (χ4v) is 3.67. The monoisotopic (exact) mass is 286 g/mol. The van der Waals surface area contributed by atoms with Crippen LogP contribution < -0.4 is 10.5 Å². The van der Waals surface area contributed by atoms with Gasteiger partial charge in [0.2, 0.25) is 0 Å². The van der Waals surface area contributed by atoms with Gasteiger partial charge in [-0.1, -0.05) is 6.07 Å². The van der Waals surface area contributed by atoms with Crippen molar-refractivity contribution in [1.82, 2.24) is 0 Å². The molecule has 1 fully saturated rings. The normalized spacial score (nSPS) is 22.6. The zero-order chi connectivity index (χ0) is 15.0. The van der Waals surface area contributed by atoms with Gasteiger partial charge in [-0.15, -0.1) is 0 Å². The van der Waals surface area contributed by atoms with E-state index in [2.05, 4.69) is 19.9 Å². The number of rotatable bonds is 2. The number of hydrogen-bond acceptors (Lipinski definition) is 2. The molecule has 1 unspecified atom stereocenters. The summed E-state index contributed by atoms with van der Waals surface area (Å²) < 4.78 is 5.42. The zero-order valence-electron chi connectivity index (χ0n) is 13.2. The molecule has 0 saturated carbocycles. The predicted octanol–water partition coefficient (Wildman–Crippen LogP) is 2.37. The van der Waals surface area contributed by atoms with Crippen LogP contribution in [0, 0.1) is 13.8 Å². The molecule has 1 aliphatic heterocycles. The standard InChI is InChI=1S/C18H23NO2/c1-12-8-13(2)18-15(10-17(20)21-16(18)9-12)11-19-7-5-4-6-14(19)3/h8-10,14H,4-7,11H2,1-3H3/p+1/t14-/m0/s1. The number of hydrogen-bond donors (Lipinski definition) is 1. The minimum Gasteiger partial charge on any atom is -0.423 e. The summed E-state index contributed by atoms with van der Waals surface area (Å²) in [6.45, 7) is 8.59. The average Bonchev–Trinajstić information content (AvgIpc) is 2.40. The minimum atomic E-state index is -0.230. The number of benzene rings is 1. The first kappa shape index (κ1) is 14.3. The van der Waals surface area contributed by atoms with Crippen LogP contribution >= 0.6 is 0 Å². The Labute approximate surface area is 125 Å². The third-order valence-electron chi connectivity index (χ3n) is 4.77. The Morgan fingerprint density at radius 3 is 2.81 bits per heavy atom. The first-order chi connectivity index (χ1) is 10.0. The fraction of sp³-hybridized carbons (Fsp3) is 0.500. The highest BCUT2D eigenvalue weighted by Gasteiger charge is 2.23. The maximum absolute atomic E-state index is 11.9. The molecule has 1 N–H and O–H groups in total. The van der Waals surface area contributed by atoms with Crippen molar-refractivity contribution in [2.45, 2.75) is 52.6 Å². The second-order valence-electron chi connectivity index (χ2n) is 6.53. The van der Waals surface area contributed by atoms with Crippen LogP contribution in [0.5, 0.6) is 0 Å². The van der Waals surface area contributed by atoms with Gasteiger partial charge in [-0.2, -0.15) is 0 Å². The summed E-state index contributed by atoms with van der Waals surface area (Å²) in [6.07, 6.45) is 3.91. The molecule has 1 aliphatic rings. The van der Waals surface area contributed by atoms with Crippen molar-refractivity contribution in [2.75, 3.05) is 6.54 Å². The van der Waals surface area contributed by atoms with Crippen LogP contribution in [-0.2, 0) is 6.54 Å². The molecule has 1 aromatic heterocycles. The van der Waals surface area contributed by atoms with Crippen molar-refractivity contribution in [2.24, 2.45) is 0 Å². The number of fused-ring (bicyclic) bond motifs is 1. The van der Waals surface area contributed by atoms with Crippen molar-refractivity contribution >= 4 is 11.0 Å². The largest absolute Gasteiger partial charge is 0.423 e. The van der Waals surface area contributed by atoms with Gasteiger partial charge < -0.3 is 9.32 Å². The SMILES string of the molecule is Cc1cc(C)c2c(C[NH+]3CCCC[C@@H]3C)cc(=O)oc2c1. The highest BCUT2D eigenvalue weighted by molar-refractivity contribution is 5.84. The third kappa shape index (κ3) is 2.88. The van der Waals surface area contributed by atoms with Gasteiger partial charge in [0.1, 0.15) is 12.1 Å². The van der Waals surface area contributed by atoms with Crippen LogP contribution in [0.15, 0.2) is 27.4 Å². The van der Waals surface area contributed by atoms with Crippen molar-refractivity contribution in [3.05, 3.63) is 45.3 Å². The van der Waals surface area contributed by atoms with E-state index in [1.54, 1.807) is 11.0 Å². The molecule has 2 atom stereocenters. The summed E-state index contributed by atoms with van der Waals surface area (Å²) >= 11 is 0. The Bertz CT molecular complexity index is 717. The Morgan fingerprint density at radius 2 is 2.05 bits per heavy atom. The molecule has 2 aromatic rings. The molecule has 1 saturated heterocycles. The van der Waals surface area contributed by atoms with Crippen LogP contribution in [0.4, 0.5) is 0 Å². The van der Waals surface area contributed by atoms with E-state index in [0.717, 1.165) is 28.6 Å². The summed E-state index contributed by atoms with van der Waals surface area (Å²) in [6, 6.07) is 6.51. The quantitative estimate of drug-likeness (QED) is 0.860. The number of likely N-dealkylation sites (tertiary alicyclic amines) is 1. The lowest BCUT2D eigenvalue weighted by molar-refractivity contribution is -0.941. The second-order valence-corrected chi connectivity index (χ2v) is 6.53. The molecule has 0 aliphatic carbocycles. The third-order valence-corrected chi connectivity index (χ3v) is 4.77. The Morgan fingerprint density at radius 1 is 1.24 bits per heavy atom. The minimum absolute atomic E-state index is 0.230. The maximum Gasteiger partial charge on any atom is 0.336 e. The van der Waals surface area contributed by atoms with Crippen LogP contribution in [0.2, 0.25) is 0 Å². The van der Waals surface area contributed by atoms with Gasteiger partial charge >= 0.3 is 5.63 Å². The first-order valence-corrected chi connectivity index (χ1v) is 7.93. The maximum atomic E-state index is 11.9. The number of quaternary nitrogens is 1. The Kier molecular flexibility index (Phi) is 3.85. The lowest BCUT2D eigenvalue weighted by Crippen LogP contribution is -3.14. The molecule has 21 heavy (non-hydrogen) atoms. The van der Waals surface area contributed by atoms with Gasteiger partial charge in [0.05, 0.1) is 12.6 Å². The number of piperidine rings is 1. The van der Waals surface area contributed by atoms with Crippen LogP contribution in [0.25, 0.3) is 11.0 Å². The summed E-state index contributed by atoms with van der Waals surface area (Å²) in [5.41, 5.74) is 3.99. The average molecular weight is 286 g/mol. The Balaban J connectivity index is 2.07. The van der Waals surface area contributed by atoms with E-state index < -0.39 is 0 Å². The fourth-order valence-electron chi connectivity index (χ4n) is 3.67. The number of aryl methyl sites for hydroxylation is 2. The van der Waals surface area contributed by atoms with E-state index in [0.29, 0.717) is 6.04 Å². The molecule has 2 heterocycles. The zero-order valence-corrected chi connectivity index (χ0v) is 13.2. The van der Waals surface area contributed by atoms with E-state index in [-0.39, 0.29) is 5.63 Å². The van der Waals surface area contributed by atoms with E-state index in [9.17, 15) is 4.79 Å². The lowest BCUT2D eigenvalue weighted by Gasteiger charge is -2.30. The van der Waals surface area contributed by atoms with E-state index >= 15 is 0 Å². The highest BCUT2D eigenvalue weighted by atomic mass is 16.4. The van der Waals surface area contributed by atoms with E-state index in [1.807, 2.05) is 13.0 Å². The molecule has 3 nitrogen and oxygen atoms in total. The second kappa shape index (κ2) is 5.64. The summed E-state index contributed by atoms with van der Waals surface area (Å²) in [7, 11) is 0. The predicted molar refractivity (Wildman–Crippen MR) is 84.8 cm³/mol. The molecule has 0 spiro atoms. The lowest BCUT2D eigenvalue weighted by atomic mass is 9.99. The van der Waals surface area contributed by atoms with Crippen molar-refractivity contribution in [1.29, 1.82) is 0 Å². The molecule has 0 radical (unpaired) electrons. The Hall–Kier alpha value is -1.61. The van der Waals surface area contributed by atoms with Crippen LogP contribution in [0.3, 0.4) is 0 Å². The molecular formula is C18H24NO2+. The van der Waals surface area contributed by atoms with Gasteiger partial charge in [-0.25, -0.2) is 4.79 Å². The topological polar surface area (TPSA) is 34.7 Å². The van der Waals surface area contributed by atoms with Gasteiger partial charge in [0.25, 0.3) is 0 Å². The van der Waals surface area contributed by atoms with Crippen molar-refractivity contribution in [3.8, 4) is 0 Å². The molecule has 1 aromatic carbocycles. The molecule has 112 valence electrons. The van der Waals surface area contributed by atoms with E-state index in [4.69, 9.17) is 4.42 Å². The number of nitrogens with one attached hydrogen (secondary N) is 1. The van der Waals surface area contributed by atoms with Gasteiger partial charge in [-0.3, -0.25) is 0 Å². The van der Waals surface area contributed by atoms with Crippen LogP contribution in [0.1, 0.15) is 42.9 Å². The first-order valence-electron chi connectivity index (χ1n) is 7.93. The van der Waals surface area contributed by atoms with Crippen molar-refractivity contribution in [3.63, 3.8) is 0 Å². The summed E-state index contributed by atoms with van der Waals surface area (Å²) in [5, 5.41) is 1.13. The van der Waals surface area contributed by atoms with Gasteiger partial charge in [-0.05, 0) is 57.2 Å². The molecule has 3 rings (SSSR count). The molecule has 3 heteroatoms. The molecular weight excluding hydrogens is 262 g/mol. The van der Waals surface area contributed by atoms with Gasteiger partial charge in [0.15, 0.2) is 0 Å². The summed E-state index contributed by atoms with van der Waals surface area (Å²) in [4.78, 5) is 13.5. The van der Waals surface area contributed by atoms with E-state index in [1.165, 1.54) is 31.4 Å². The summed E-state index contributed by atoms with van der Waals surface area (Å²) in [5.74, 6) is 0. The molecule has 0 bridgehead atoms. The molecule has 0 amide bonds. The van der Waals surface area contributed by atoms with Gasteiger partial charge in [0, 0.05) is 17.0 Å². The smallest absolute Gasteiger partial charge is 0.336 e. The van der Waals surface area contributed by atoms with Crippen molar-refractivity contribution < 1.29 is 9.32 Å². The highest BCUT2D eigenvalue weighted by Crippen LogP contribution is 2.22. The van der Waals surface area contributed by atoms with Crippen LogP contribution in [-0.4, -0.2) is 12.6 Å².